The highest BCUT2D eigenvalue weighted by molar-refractivity contribution is 5.90. The predicted octanol–water partition coefficient (Wildman–Crippen LogP) is 1.96. The Labute approximate surface area is 115 Å². The molecule has 102 valence electrons. The smallest absolute Gasteiger partial charge is 0.335 e. The first-order chi connectivity index (χ1) is 9.58. The molecule has 0 amide bonds. The molecule has 3 rings (SSSR count). The molecule has 1 aliphatic heterocycles. The van der Waals surface area contributed by atoms with E-state index in [1.54, 1.807) is 18.5 Å². The second kappa shape index (κ2) is 4.48. The van der Waals surface area contributed by atoms with E-state index >= 15 is 0 Å². The number of aliphatic carboxylic acids is 1. The van der Waals surface area contributed by atoms with E-state index in [2.05, 4.69) is 15.4 Å². The van der Waals surface area contributed by atoms with Crippen molar-refractivity contribution in [1.82, 2.24) is 14.8 Å². The summed E-state index contributed by atoms with van der Waals surface area (Å²) in [6.45, 7) is 3.53. The van der Waals surface area contributed by atoms with Crippen LogP contribution in [0.3, 0.4) is 0 Å². The van der Waals surface area contributed by atoms with E-state index in [-0.39, 0.29) is 5.57 Å². The molecule has 1 aliphatic rings. The first kappa shape index (κ1) is 12.4. The van der Waals surface area contributed by atoms with Crippen LogP contribution in [0.1, 0.15) is 24.4 Å². The number of hydrogen-bond donors (Lipinski definition) is 2. The van der Waals surface area contributed by atoms with Crippen LogP contribution >= 0.6 is 0 Å². The molecule has 2 heterocycles. The summed E-state index contributed by atoms with van der Waals surface area (Å²) < 4.78 is 1.63. The minimum absolute atomic E-state index is 0.286. The highest BCUT2D eigenvalue weighted by Gasteiger charge is 2.33. The number of carbonyl (C=O) groups is 1. The Morgan fingerprint density at radius 3 is 2.65 bits per heavy atom. The topological polar surface area (TPSA) is 80.0 Å². The number of allylic oxidation sites excluding steroid dienone is 1. The van der Waals surface area contributed by atoms with E-state index in [0.29, 0.717) is 17.5 Å². The molecule has 1 atom stereocenters. The van der Waals surface area contributed by atoms with Crippen LogP contribution in [0.2, 0.25) is 0 Å². The molecule has 6 heteroatoms. The first-order valence-corrected chi connectivity index (χ1v) is 6.27. The summed E-state index contributed by atoms with van der Waals surface area (Å²) in [6.07, 6.45) is 0. The lowest BCUT2D eigenvalue weighted by atomic mass is 9.96. The minimum atomic E-state index is -0.956. The van der Waals surface area contributed by atoms with Gasteiger partial charge in [-0.3, -0.25) is 0 Å². The lowest BCUT2D eigenvalue weighted by Crippen LogP contribution is -2.28. The highest BCUT2D eigenvalue weighted by atomic mass is 16.4. The van der Waals surface area contributed by atoms with Crippen LogP contribution in [0.5, 0.6) is 0 Å². The average Bonchev–Trinajstić information content (AvgIpc) is 2.77. The summed E-state index contributed by atoms with van der Waals surface area (Å²) >= 11 is 0. The average molecular weight is 270 g/mol. The monoisotopic (exact) mass is 270 g/mol. The van der Waals surface area contributed by atoms with Crippen LogP contribution < -0.4 is 5.32 Å². The molecule has 0 saturated carbocycles. The van der Waals surface area contributed by atoms with E-state index in [9.17, 15) is 9.90 Å². The number of carboxylic acids is 1. The molecule has 1 aromatic carbocycles. The molecule has 6 nitrogen and oxygen atoms in total. The van der Waals surface area contributed by atoms with E-state index < -0.39 is 12.0 Å². The SMILES string of the molecule is CC1=C(C(=O)O)C(c2ccccc2)n2nc(C)nc2N1. The zero-order chi connectivity index (χ0) is 14.3. The Bertz CT molecular complexity index is 703. The molecule has 0 aliphatic carbocycles. The van der Waals surface area contributed by atoms with Crippen LogP contribution in [-0.2, 0) is 4.79 Å². The number of nitrogens with one attached hydrogen (secondary N) is 1. The second-order valence-electron chi connectivity index (χ2n) is 4.71. The van der Waals surface area contributed by atoms with Crippen LogP contribution in [0.4, 0.5) is 5.95 Å². The molecular weight excluding hydrogens is 256 g/mol. The van der Waals surface area contributed by atoms with Gasteiger partial charge in [-0.2, -0.15) is 10.1 Å². The summed E-state index contributed by atoms with van der Waals surface area (Å²) in [5, 5.41) is 16.8. The summed E-state index contributed by atoms with van der Waals surface area (Å²) in [6, 6.07) is 8.99. The Morgan fingerprint density at radius 2 is 2.00 bits per heavy atom. The fourth-order valence-corrected chi connectivity index (χ4v) is 2.48. The van der Waals surface area contributed by atoms with Gasteiger partial charge in [0, 0.05) is 5.70 Å². The van der Waals surface area contributed by atoms with Gasteiger partial charge in [0.2, 0.25) is 5.95 Å². The van der Waals surface area contributed by atoms with Gasteiger partial charge in [0.05, 0.1) is 5.57 Å². The maximum atomic E-state index is 11.6. The molecule has 0 radical (unpaired) electrons. The first-order valence-electron chi connectivity index (χ1n) is 6.27. The number of rotatable bonds is 2. The van der Waals surface area contributed by atoms with Crippen LogP contribution in [0.15, 0.2) is 41.6 Å². The van der Waals surface area contributed by atoms with Gasteiger partial charge in [-0.1, -0.05) is 30.3 Å². The summed E-state index contributed by atoms with van der Waals surface area (Å²) in [7, 11) is 0. The fourth-order valence-electron chi connectivity index (χ4n) is 2.48. The van der Waals surface area contributed by atoms with Gasteiger partial charge in [0.15, 0.2) is 0 Å². The number of aromatic nitrogens is 3. The Hall–Kier alpha value is -2.63. The number of nitrogens with zero attached hydrogens (tertiary/aromatic N) is 3. The van der Waals surface area contributed by atoms with Crippen molar-refractivity contribution < 1.29 is 9.90 Å². The standard InChI is InChI=1S/C14H14N4O2/c1-8-11(13(19)20)12(10-6-4-3-5-7-10)18-14(15-8)16-9(2)17-18/h3-7,12H,1-2H3,(H,19,20)(H,15,16,17). The van der Waals surface area contributed by atoms with Crippen molar-refractivity contribution in [3.05, 3.63) is 53.0 Å². The van der Waals surface area contributed by atoms with E-state index in [0.717, 1.165) is 5.56 Å². The molecular formula is C14H14N4O2. The van der Waals surface area contributed by atoms with Gasteiger partial charge in [-0.05, 0) is 19.4 Å². The number of hydrogen-bond acceptors (Lipinski definition) is 4. The Morgan fingerprint density at radius 1 is 1.30 bits per heavy atom. The van der Waals surface area contributed by atoms with Crippen molar-refractivity contribution in [2.24, 2.45) is 0 Å². The van der Waals surface area contributed by atoms with Crippen molar-refractivity contribution >= 4 is 11.9 Å². The quantitative estimate of drug-likeness (QED) is 0.872. The van der Waals surface area contributed by atoms with Gasteiger partial charge in [0.25, 0.3) is 0 Å². The lowest BCUT2D eigenvalue weighted by Gasteiger charge is -2.27. The molecule has 0 saturated heterocycles. The summed E-state index contributed by atoms with van der Waals surface area (Å²) in [5.41, 5.74) is 1.75. The zero-order valence-corrected chi connectivity index (χ0v) is 11.2. The Kier molecular flexibility index (Phi) is 2.78. The van der Waals surface area contributed by atoms with Crippen molar-refractivity contribution in [2.45, 2.75) is 19.9 Å². The maximum absolute atomic E-state index is 11.6. The molecule has 0 bridgehead atoms. The van der Waals surface area contributed by atoms with Crippen molar-refractivity contribution in [1.29, 1.82) is 0 Å². The van der Waals surface area contributed by atoms with Gasteiger partial charge >= 0.3 is 5.97 Å². The largest absolute Gasteiger partial charge is 0.478 e. The number of anilines is 1. The van der Waals surface area contributed by atoms with Crippen molar-refractivity contribution in [3.63, 3.8) is 0 Å². The Balaban J connectivity index is 2.23. The van der Waals surface area contributed by atoms with Gasteiger partial charge in [-0.15, -0.1) is 0 Å². The minimum Gasteiger partial charge on any atom is -0.478 e. The van der Waals surface area contributed by atoms with E-state index in [1.807, 2.05) is 30.3 Å². The number of fused-ring (bicyclic) bond motifs is 1. The van der Waals surface area contributed by atoms with Crippen molar-refractivity contribution in [2.75, 3.05) is 5.32 Å². The van der Waals surface area contributed by atoms with E-state index in [4.69, 9.17) is 0 Å². The number of benzene rings is 1. The molecule has 2 aromatic rings. The summed E-state index contributed by atoms with van der Waals surface area (Å²) in [4.78, 5) is 15.9. The molecule has 2 N–H and O–H groups in total. The highest BCUT2D eigenvalue weighted by Crippen LogP contribution is 2.34. The van der Waals surface area contributed by atoms with Gasteiger partial charge in [-0.25, -0.2) is 9.48 Å². The predicted molar refractivity (Wildman–Crippen MR) is 73.3 cm³/mol. The van der Waals surface area contributed by atoms with Crippen LogP contribution in [0.25, 0.3) is 0 Å². The molecule has 1 unspecified atom stereocenters. The molecule has 0 fully saturated rings. The van der Waals surface area contributed by atoms with E-state index in [1.165, 1.54) is 0 Å². The third kappa shape index (κ3) is 1.85. The maximum Gasteiger partial charge on any atom is 0.335 e. The lowest BCUT2D eigenvalue weighted by molar-refractivity contribution is -0.133. The molecule has 1 aromatic heterocycles. The third-order valence-electron chi connectivity index (χ3n) is 3.30. The zero-order valence-electron chi connectivity index (χ0n) is 11.2. The number of carboxylic acid groups (broad SMARTS) is 1. The van der Waals surface area contributed by atoms with Crippen LogP contribution in [-0.4, -0.2) is 25.8 Å². The fraction of sp³-hybridized carbons (Fsp3) is 0.214. The van der Waals surface area contributed by atoms with Gasteiger partial charge < -0.3 is 10.4 Å². The normalized spacial score (nSPS) is 17.6. The number of aryl methyl sites for hydroxylation is 1. The molecule has 0 spiro atoms. The summed E-state index contributed by atoms with van der Waals surface area (Å²) in [5.74, 6) is 0.217. The second-order valence-corrected chi connectivity index (χ2v) is 4.71. The van der Waals surface area contributed by atoms with Crippen LogP contribution in [0, 0.1) is 6.92 Å². The third-order valence-corrected chi connectivity index (χ3v) is 3.30. The van der Waals surface area contributed by atoms with Gasteiger partial charge in [0.1, 0.15) is 11.9 Å². The van der Waals surface area contributed by atoms with Crippen molar-refractivity contribution in [3.8, 4) is 0 Å². The molecule has 20 heavy (non-hydrogen) atoms.